The monoisotopic (exact) mass is 231 g/mol. The molecule has 1 amide bonds. The summed E-state index contributed by atoms with van der Waals surface area (Å²) in [5.41, 5.74) is -0.614. The number of rotatable bonds is 1. The number of amides is 1. The average Bonchev–Trinajstić information content (AvgIpc) is 2.15. The van der Waals surface area contributed by atoms with E-state index in [0.29, 0.717) is 19.4 Å². The zero-order chi connectivity index (χ0) is 12.3. The van der Waals surface area contributed by atoms with Crippen LogP contribution in [0.25, 0.3) is 0 Å². The summed E-state index contributed by atoms with van der Waals surface area (Å²) >= 11 is 0. The van der Waals surface area contributed by atoms with Gasteiger partial charge in [0.05, 0.1) is 6.54 Å². The number of carboxylic acid groups (broad SMARTS) is 1. The fourth-order valence-corrected chi connectivity index (χ4v) is 1.30. The molecule has 1 heterocycles. The second-order valence-electron chi connectivity index (χ2n) is 4.66. The molecule has 0 spiro atoms. The summed E-state index contributed by atoms with van der Waals surface area (Å²) in [6.45, 7) is 5.58. The molecule has 0 unspecified atom stereocenters. The third-order valence-corrected chi connectivity index (χ3v) is 1.95. The van der Waals surface area contributed by atoms with Crippen LogP contribution in [0.15, 0.2) is 0 Å². The number of carboxylic acids is 1. The third-order valence-electron chi connectivity index (χ3n) is 1.95. The van der Waals surface area contributed by atoms with Gasteiger partial charge in [-0.3, -0.25) is 4.84 Å². The van der Waals surface area contributed by atoms with Gasteiger partial charge < -0.3 is 9.84 Å². The minimum Gasteiger partial charge on any atom is -0.479 e. The van der Waals surface area contributed by atoms with Gasteiger partial charge in [0.15, 0.2) is 6.10 Å². The van der Waals surface area contributed by atoms with Crippen molar-refractivity contribution in [3.63, 3.8) is 0 Å². The van der Waals surface area contributed by atoms with E-state index < -0.39 is 23.8 Å². The number of carbonyl (C=O) groups is 2. The Morgan fingerprint density at radius 3 is 2.56 bits per heavy atom. The zero-order valence-corrected chi connectivity index (χ0v) is 9.73. The standard InChI is InChI=1S/C10H17NO5/c1-10(2,3)15-9(14)11-6-4-5-7(16-11)8(12)13/h7H,4-6H2,1-3H3,(H,12,13)/t7-/m0/s1. The van der Waals surface area contributed by atoms with Gasteiger partial charge in [0.2, 0.25) is 0 Å². The quantitative estimate of drug-likeness (QED) is 0.738. The van der Waals surface area contributed by atoms with Gasteiger partial charge in [0.1, 0.15) is 5.60 Å². The van der Waals surface area contributed by atoms with Crippen LogP contribution in [0.4, 0.5) is 4.79 Å². The minimum atomic E-state index is -1.06. The maximum atomic E-state index is 11.6. The fraction of sp³-hybridized carbons (Fsp3) is 0.800. The highest BCUT2D eigenvalue weighted by Crippen LogP contribution is 2.17. The van der Waals surface area contributed by atoms with Gasteiger partial charge in [-0.05, 0) is 33.6 Å². The molecule has 16 heavy (non-hydrogen) atoms. The van der Waals surface area contributed by atoms with E-state index in [0.717, 1.165) is 5.06 Å². The Morgan fingerprint density at radius 1 is 1.44 bits per heavy atom. The molecule has 1 atom stereocenters. The molecule has 0 aromatic carbocycles. The molecular weight excluding hydrogens is 214 g/mol. The van der Waals surface area contributed by atoms with Crippen LogP contribution >= 0.6 is 0 Å². The number of hydrogen-bond acceptors (Lipinski definition) is 4. The predicted octanol–water partition coefficient (Wildman–Crippen LogP) is 1.40. The molecule has 1 rings (SSSR count). The zero-order valence-electron chi connectivity index (χ0n) is 9.73. The Bertz CT molecular complexity index is 283. The van der Waals surface area contributed by atoms with E-state index in [4.69, 9.17) is 14.7 Å². The molecule has 1 fully saturated rings. The molecule has 0 aliphatic carbocycles. The van der Waals surface area contributed by atoms with Crippen LogP contribution < -0.4 is 0 Å². The lowest BCUT2D eigenvalue weighted by Gasteiger charge is -2.31. The molecule has 0 aromatic heterocycles. The first-order valence-corrected chi connectivity index (χ1v) is 5.20. The molecule has 1 aliphatic rings. The van der Waals surface area contributed by atoms with E-state index in [1.54, 1.807) is 20.8 Å². The summed E-state index contributed by atoms with van der Waals surface area (Å²) in [6.07, 6.45) is -0.593. The lowest BCUT2D eigenvalue weighted by atomic mass is 10.2. The van der Waals surface area contributed by atoms with Gasteiger partial charge in [-0.15, -0.1) is 0 Å². The maximum Gasteiger partial charge on any atom is 0.434 e. The van der Waals surface area contributed by atoms with Gasteiger partial charge in [0, 0.05) is 0 Å². The highest BCUT2D eigenvalue weighted by atomic mass is 16.7. The SMILES string of the molecule is CC(C)(C)OC(=O)N1CCC[C@@H](C(=O)O)O1. The Hall–Kier alpha value is -1.30. The summed E-state index contributed by atoms with van der Waals surface area (Å²) in [6, 6.07) is 0. The fourth-order valence-electron chi connectivity index (χ4n) is 1.30. The summed E-state index contributed by atoms with van der Waals surface area (Å²) in [4.78, 5) is 27.3. The van der Waals surface area contributed by atoms with Crippen molar-refractivity contribution in [3.8, 4) is 0 Å². The van der Waals surface area contributed by atoms with Crippen molar-refractivity contribution in [1.82, 2.24) is 5.06 Å². The van der Waals surface area contributed by atoms with E-state index in [-0.39, 0.29) is 0 Å². The van der Waals surface area contributed by atoms with E-state index in [1.165, 1.54) is 0 Å². The van der Waals surface area contributed by atoms with E-state index >= 15 is 0 Å². The van der Waals surface area contributed by atoms with Crippen LogP contribution in [0, 0.1) is 0 Å². The molecule has 6 nitrogen and oxygen atoms in total. The van der Waals surface area contributed by atoms with Crippen molar-refractivity contribution >= 4 is 12.1 Å². The molecule has 0 aromatic rings. The van der Waals surface area contributed by atoms with Crippen LogP contribution in [-0.4, -0.2) is 40.5 Å². The Kier molecular flexibility index (Phi) is 3.74. The molecule has 1 N–H and O–H groups in total. The van der Waals surface area contributed by atoms with Crippen LogP contribution in [0.3, 0.4) is 0 Å². The number of carbonyl (C=O) groups excluding carboxylic acids is 1. The Labute approximate surface area is 94.1 Å². The topological polar surface area (TPSA) is 76.1 Å². The van der Waals surface area contributed by atoms with Crippen molar-refractivity contribution in [1.29, 1.82) is 0 Å². The van der Waals surface area contributed by atoms with Crippen LogP contribution in [0.2, 0.25) is 0 Å². The van der Waals surface area contributed by atoms with Crippen molar-refractivity contribution < 1.29 is 24.3 Å². The molecule has 6 heteroatoms. The normalized spacial score (nSPS) is 21.7. The summed E-state index contributed by atoms with van der Waals surface area (Å²) in [5, 5.41) is 9.75. The lowest BCUT2D eigenvalue weighted by molar-refractivity contribution is -0.214. The van der Waals surface area contributed by atoms with E-state index in [2.05, 4.69) is 0 Å². The second kappa shape index (κ2) is 4.69. The van der Waals surface area contributed by atoms with Crippen molar-refractivity contribution in [2.24, 2.45) is 0 Å². The van der Waals surface area contributed by atoms with Crippen LogP contribution in [0.5, 0.6) is 0 Å². The second-order valence-corrected chi connectivity index (χ2v) is 4.66. The van der Waals surface area contributed by atoms with Gasteiger partial charge in [-0.25, -0.2) is 9.59 Å². The number of hydroxylamine groups is 2. The van der Waals surface area contributed by atoms with Gasteiger partial charge in [-0.1, -0.05) is 0 Å². The molecule has 1 saturated heterocycles. The maximum absolute atomic E-state index is 11.6. The predicted molar refractivity (Wildman–Crippen MR) is 54.7 cm³/mol. The lowest BCUT2D eigenvalue weighted by Crippen LogP contribution is -2.45. The molecule has 1 aliphatic heterocycles. The van der Waals surface area contributed by atoms with Crippen molar-refractivity contribution in [2.45, 2.75) is 45.3 Å². The Morgan fingerprint density at radius 2 is 2.06 bits per heavy atom. The highest BCUT2D eigenvalue weighted by molar-refractivity contribution is 5.73. The van der Waals surface area contributed by atoms with Crippen LogP contribution in [-0.2, 0) is 14.4 Å². The average molecular weight is 231 g/mol. The number of nitrogens with zero attached hydrogens (tertiary/aromatic N) is 1. The molecule has 92 valence electrons. The first-order chi connectivity index (χ1) is 7.29. The van der Waals surface area contributed by atoms with Crippen molar-refractivity contribution in [2.75, 3.05) is 6.54 Å². The number of aliphatic carboxylic acids is 1. The molecule has 0 saturated carbocycles. The largest absolute Gasteiger partial charge is 0.479 e. The molecule has 0 bridgehead atoms. The van der Waals surface area contributed by atoms with Gasteiger partial charge in [-0.2, -0.15) is 5.06 Å². The number of hydrogen-bond donors (Lipinski definition) is 1. The highest BCUT2D eigenvalue weighted by Gasteiger charge is 2.32. The Balaban J connectivity index is 2.54. The minimum absolute atomic E-state index is 0.360. The summed E-state index contributed by atoms with van der Waals surface area (Å²) in [7, 11) is 0. The first-order valence-electron chi connectivity index (χ1n) is 5.20. The molecule has 0 radical (unpaired) electrons. The molecular formula is C10H17NO5. The van der Waals surface area contributed by atoms with Crippen LogP contribution in [0.1, 0.15) is 33.6 Å². The van der Waals surface area contributed by atoms with E-state index in [9.17, 15) is 9.59 Å². The summed E-state index contributed by atoms with van der Waals surface area (Å²) in [5.74, 6) is -1.06. The third kappa shape index (κ3) is 3.69. The number of ether oxygens (including phenoxy) is 1. The van der Waals surface area contributed by atoms with E-state index in [1.807, 2.05) is 0 Å². The smallest absolute Gasteiger partial charge is 0.434 e. The van der Waals surface area contributed by atoms with Gasteiger partial charge in [0.25, 0.3) is 0 Å². The van der Waals surface area contributed by atoms with Gasteiger partial charge >= 0.3 is 12.1 Å². The van der Waals surface area contributed by atoms with Crippen molar-refractivity contribution in [3.05, 3.63) is 0 Å². The summed E-state index contributed by atoms with van der Waals surface area (Å²) < 4.78 is 5.07. The first kappa shape index (κ1) is 12.8.